The number of carbonyl (C=O) groups is 4. The van der Waals surface area contributed by atoms with E-state index in [1.165, 1.54) is 4.90 Å². The molecule has 3 aromatic rings. The van der Waals surface area contributed by atoms with Crippen molar-refractivity contribution in [3.8, 4) is 5.75 Å². The molecule has 0 saturated heterocycles. The van der Waals surface area contributed by atoms with Crippen LogP contribution in [-0.4, -0.2) is 65.5 Å². The lowest BCUT2D eigenvalue weighted by Crippen LogP contribution is -2.91. The highest BCUT2D eigenvalue weighted by molar-refractivity contribution is 6.26. The number of nitrogens with two attached hydrogens (primary N) is 1. The number of nitrogens with zero attached hydrogens (tertiary/aromatic N) is 1. The number of likely N-dealkylation sites (N-methyl/N-ethyl adjacent to an activating group) is 1. The van der Waals surface area contributed by atoms with Crippen molar-refractivity contribution in [3.63, 3.8) is 0 Å². The van der Waals surface area contributed by atoms with Crippen molar-refractivity contribution in [2.75, 3.05) is 20.7 Å². The zero-order valence-corrected chi connectivity index (χ0v) is 22.6. The van der Waals surface area contributed by atoms with Crippen LogP contribution in [-0.2, 0) is 14.4 Å². The molecule has 0 aromatic heterocycles. The lowest BCUT2D eigenvalue weighted by atomic mass is 9.95. The van der Waals surface area contributed by atoms with E-state index in [1.54, 1.807) is 38.4 Å². The monoisotopic (exact) mass is 550 g/mol. The molecule has 3 aromatic carbocycles. The van der Waals surface area contributed by atoms with E-state index in [2.05, 4.69) is 5.32 Å². The Balaban J connectivity index is 0.000000840. The lowest BCUT2D eigenvalue weighted by molar-refractivity contribution is -0.731. The maximum absolute atomic E-state index is 13.1. The first kappa shape index (κ1) is 31.7. The highest BCUT2D eigenvalue weighted by Gasteiger charge is 2.27. The Morgan fingerprint density at radius 1 is 0.875 bits per heavy atom. The third kappa shape index (κ3) is 10.3. The summed E-state index contributed by atoms with van der Waals surface area (Å²) < 4.78 is 5.50. The molecule has 40 heavy (non-hydrogen) atoms. The molecule has 0 bridgehead atoms. The van der Waals surface area contributed by atoms with Gasteiger partial charge >= 0.3 is 5.97 Å². The van der Waals surface area contributed by atoms with Gasteiger partial charge in [0.2, 0.25) is 0 Å². The Bertz CT molecular complexity index is 1240. The normalized spacial score (nSPS) is 12.6. The molecule has 0 spiro atoms. The summed E-state index contributed by atoms with van der Waals surface area (Å²) in [4.78, 5) is 44.3. The second-order valence-electron chi connectivity index (χ2n) is 9.25. The van der Waals surface area contributed by atoms with Gasteiger partial charge in [0.25, 0.3) is 5.91 Å². The van der Waals surface area contributed by atoms with Gasteiger partial charge in [-0.3, -0.25) is 9.59 Å². The zero-order chi connectivity index (χ0) is 29.7. The number of quaternary nitrogens is 1. The zero-order valence-electron chi connectivity index (χ0n) is 22.6. The van der Waals surface area contributed by atoms with Crippen molar-refractivity contribution >= 4 is 23.6 Å². The van der Waals surface area contributed by atoms with E-state index in [-0.39, 0.29) is 36.8 Å². The molecule has 0 saturated carbocycles. The number of carbonyl (C=O) groups excluding carboxylic acids is 3. The smallest absolute Gasteiger partial charge is 0.351 e. The summed E-state index contributed by atoms with van der Waals surface area (Å²) in [6.07, 6.45) is -0.362. The Hall–Kier alpha value is -4.54. The number of hydrogen-bond acceptors (Lipinski definition) is 7. The average molecular weight is 551 g/mol. The van der Waals surface area contributed by atoms with Crippen molar-refractivity contribution in [1.82, 2.24) is 4.90 Å². The number of ether oxygens (including phenoxy) is 1. The summed E-state index contributed by atoms with van der Waals surface area (Å²) in [5.41, 5.74) is 2.47. The molecule has 212 valence electrons. The molecule has 3 rings (SSSR count). The maximum atomic E-state index is 13.1. The van der Waals surface area contributed by atoms with Crippen LogP contribution in [0.15, 0.2) is 84.9 Å². The van der Waals surface area contributed by atoms with Crippen molar-refractivity contribution in [3.05, 3.63) is 102 Å². The lowest BCUT2D eigenvalue weighted by Gasteiger charge is -2.24. The minimum Gasteiger partial charge on any atom is -0.539 e. The SMILES string of the molecule is CC([NH2+]C(CC(=O)c1ccc(OCC(=O)N(C)C)cc1)c1ccccc1)C(O)c1ccccc1.O=C([O-])C(=O)O. The highest BCUT2D eigenvalue weighted by atomic mass is 16.5. The summed E-state index contributed by atoms with van der Waals surface area (Å²) in [7, 11) is 3.35. The molecule has 1 amide bonds. The molecule has 10 heteroatoms. The predicted octanol–water partition coefficient (Wildman–Crippen LogP) is 0.974. The summed E-state index contributed by atoms with van der Waals surface area (Å²) in [5, 5.41) is 29.2. The molecule has 4 N–H and O–H groups in total. The van der Waals surface area contributed by atoms with E-state index >= 15 is 0 Å². The first-order valence-corrected chi connectivity index (χ1v) is 12.5. The quantitative estimate of drug-likeness (QED) is 0.235. The van der Waals surface area contributed by atoms with E-state index in [0.29, 0.717) is 11.3 Å². The number of aliphatic hydroxyl groups excluding tert-OH is 1. The number of aliphatic carboxylic acids is 2. The van der Waals surface area contributed by atoms with Crippen molar-refractivity contribution < 1.29 is 44.6 Å². The first-order chi connectivity index (χ1) is 19.0. The summed E-state index contributed by atoms with van der Waals surface area (Å²) in [5.74, 6) is -3.60. The molecular weight excluding hydrogens is 516 g/mol. The van der Waals surface area contributed by atoms with Gasteiger partial charge in [0.15, 0.2) is 18.4 Å². The Labute approximate surface area is 232 Å². The molecule has 0 aliphatic carbocycles. The van der Waals surface area contributed by atoms with E-state index in [1.807, 2.05) is 67.6 Å². The highest BCUT2D eigenvalue weighted by Crippen LogP contribution is 2.20. The van der Waals surface area contributed by atoms with E-state index in [4.69, 9.17) is 24.5 Å². The second-order valence-corrected chi connectivity index (χ2v) is 9.25. The Morgan fingerprint density at radius 3 is 1.85 bits per heavy atom. The number of amides is 1. The number of carboxylic acid groups (broad SMARTS) is 2. The topological polar surface area (TPSA) is 161 Å². The van der Waals surface area contributed by atoms with Crippen LogP contribution < -0.4 is 15.2 Å². The van der Waals surface area contributed by atoms with Gasteiger partial charge in [-0.25, -0.2) is 4.79 Å². The van der Waals surface area contributed by atoms with Gasteiger partial charge in [-0.1, -0.05) is 60.7 Å². The largest absolute Gasteiger partial charge is 0.539 e. The fraction of sp³-hybridized carbons (Fsp3) is 0.267. The van der Waals surface area contributed by atoms with Crippen LogP contribution in [0.3, 0.4) is 0 Å². The fourth-order valence-electron chi connectivity index (χ4n) is 3.75. The van der Waals surface area contributed by atoms with Crippen molar-refractivity contribution in [2.24, 2.45) is 0 Å². The molecule has 3 unspecified atom stereocenters. The van der Waals surface area contributed by atoms with Crippen LogP contribution in [0.5, 0.6) is 5.75 Å². The molecule has 10 nitrogen and oxygen atoms in total. The summed E-state index contributed by atoms with van der Waals surface area (Å²) in [6, 6.07) is 26.0. The molecule has 0 aliphatic heterocycles. The van der Waals surface area contributed by atoms with Crippen molar-refractivity contribution in [2.45, 2.75) is 31.5 Å². The van der Waals surface area contributed by atoms with Gasteiger partial charge in [-0.2, -0.15) is 0 Å². The summed E-state index contributed by atoms with van der Waals surface area (Å²) >= 11 is 0. The summed E-state index contributed by atoms with van der Waals surface area (Å²) in [6.45, 7) is 1.92. The van der Waals surface area contributed by atoms with Gasteiger partial charge < -0.3 is 35.1 Å². The van der Waals surface area contributed by atoms with Gasteiger partial charge in [-0.05, 0) is 36.8 Å². The van der Waals surface area contributed by atoms with Crippen molar-refractivity contribution in [1.29, 1.82) is 0 Å². The number of ketones is 1. The third-order valence-corrected chi connectivity index (χ3v) is 6.02. The van der Waals surface area contributed by atoms with Crippen LogP contribution >= 0.6 is 0 Å². The number of carboxylic acids is 2. The van der Waals surface area contributed by atoms with E-state index in [0.717, 1.165) is 11.1 Å². The number of Topliss-reactive ketones (excluding diaryl/α,β-unsaturated/α-hetero) is 1. The first-order valence-electron chi connectivity index (χ1n) is 12.5. The van der Waals surface area contributed by atoms with Crippen LogP contribution in [0.1, 0.15) is 47.0 Å². The standard InChI is InChI=1S/C28H32N2O4.C2H2O4/c1-20(28(33)23-12-8-5-9-13-23)29-25(21-10-6-4-7-11-21)18-26(31)22-14-16-24(17-15-22)34-19-27(32)30(2)3;3-1(4)2(5)6/h4-17,20,25,28-29,33H,18-19H2,1-3H3;(H,3,4)(H,5,6). The Morgan fingerprint density at radius 2 is 1.38 bits per heavy atom. The van der Waals surface area contributed by atoms with Crippen LogP contribution in [0.2, 0.25) is 0 Å². The van der Waals surface area contributed by atoms with E-state index < -0.39 is 18.0 Å². The second kappa shape index (κ2) is 15.8. The number of rotatable bonds is 11. The molecule has 3 atom stereocenters. The molecule has 0 fully saturated rings. The predicted molar refractivity (Wildman–Crippen MR) is 144 cm³/mol. The average Bonchev–Trinajstić information content (AvgIpc) is 2.96. The van der Waals surface area contributed by atoms with E-state index in [9.17, 15) is 14.7 Å². The number of benzene rings is 3. The minimum atomic E-state index is -2.07. The maximum Gasteiger partial charge on any atom is 0.351 e. The number of aliphatic hydroxyl groups is 1. The van der Waals surface area contributed by atoms with Gasteiger partial charge in [0.1, 0.15) is 23.9 Å². The van der Waals surface area contributed by atoms with Gasteiger partial charge in [0, 0.05) is 25.2 Å². The van der Waals surface area contributed by atoms with Crippen LogP contribution in [0, 0.1) is 0 Å². The van der Waals surface area contributed by atoms with Crippen LogP contribution in [0.25, 0.3) is 0 Å². The fourth-order valence-corrected chi connectivity index (χ4v) is 3.75. The minimum absolute atomic E-state index is 0.00224. The Kier molecular flexibility index (Phi) is 12.5. The molecule has 0 heterocycles. The van der Waals surface area contributed by atoms with Crippen LogP contribution in [0.4, 0.5) is 0 Å². The molecular formula is C30H34N2O8. The molecule has 0 radical (unpaired) electrons. The number of hydrogen-bond donors (Lipinski definition) is 3. The third-order valence-electron chi connectivity index (χ3n) is 6.02. The van der Waals surface area contributed by atoms with Gasteiger partial charge in [0.05, 0.1) is 6.42 Å². The molecule has 0 aliphatic rings. The van der Waals surface area contributed by atoms with Gasteiger partial charge in [-0.15, -0.1) is 0 Å².